The van der Waals surface area contributed by atoms with Gasteiger partial charge in [0.25, 0.3) is 0 Å². The number of aromatic nitrogens is 2. The van der Waals surface area contributed by atoms with E-state index in [1.807, 2.05) is 14.0 Å². The molecule has 1 aromatic heterocycles. The van der Waals surface area contributed by atoms with Gasteiger partial charge in [0.15, 0.2) is 0 Å². The van der Waals surface area contributed by atoms with Crippen LogP contribution in [-0.4, -0.2) is 28.0 Å². The molecule has 0 unspecified atom stereocenters. The fraction of sp³-hybridized carbons (Fsp3) is 0.583. The van der Waals surface area contributed by atoms with Crippen molar-refractivity contribution in [1.29, 1.82) is 0 Å². The Morgan fingerprint density at radius 3 is 2.75 bits per heavy atom. The molecule has 0 bridgehead atoms. The number of hydrogen-bond donors (Lipinski definition) is 1. The molecule has 0 aliphatic carbocycles. The lowest BCUT2D eigenvalue weighted by molar-refractivity contribution is 0.281. The smallest absolute Gasteiger partial charge is 0.133 e. The molecule has 16 heavy (non-hydrogen) atoms. The Balaban J connectivity index is 3.12. The van der Waals surface area contributed by atoms with Crippen LogP contribution < -0.4 is 4.90 Å². The third-order valence-electron chi connectivity index (χ3n) is 2.55. The zero-order valence-electron chi connectivity index (χ0n) is 10.2. The highest BCUT2D eigenvalue weighted by molar-refractivity contribution is 5.50. The highest BCUT2D eigenvalue weighted by Crippen LogP contribution is 2.23. The number of terminal acetylenes is 1. The van der Waals surface area contributed by atoms with Crippen molar-refractivity contribution in [3.05, 3.63) is 11.3 Å². The van der Waals surface area contributed by atoms with Crippen molar-refractivity contribution in [1.82, 2.24) is 9.78 Å². The van der Waals surface area contributed by atoms with Crippen LogP contribution in [0, 0.1) is 19.3 Å². The Bertz CT molecular complexity index is 390. The predicted molar refractivity (Wildman–Crippen MR) is 65.2 cm³/mol. The molecule has 0 spiro atoms. The average molecular weight is 221 g/mol. The van der Waals surface area contributed by atoms with Crippen LogP contribution in [-0.2, 0) is 13.7 Å². The van der Waals surface area contributed by atoms with Crippen LogP contribution in [0.25, 0.3) is 0 Å². The normalized spacial score (nSPS) is 10.2. The number of aliphatic hydroxyl groups is 1. The zero-order valence-corrected chi connectivity index (χ0v) is 10.2. The van der Waals surface area contributed by atoms with Gasteiger partial charge < -0.3 is 10.0 Å². The standard InChI is InChI=1S/C12H19N3O/c1-5-7-15(8-6-2)12-11(9-16)10(3)13-14(12)4/h1,16H,6-9H2,2-4H3. The molecule has 1 N–H and O–H groups in total. The van der Waals surface area contributed by atoms with Crippen LogP contribution in [0.2, 0.25) is 0 Å². The summed E-state index contributed by atoms with van der Waals surface area (Å²) < 4.78 is 1.79. The summed E-state index contributed by atoms with van der Waals surface area (Å²) in [6.07, 6.45) is 6.37. The molecule has 0 aliphatic rings. The van der Waals surface area contributed by atoms with Gasteiger partial charge in [-0.2, -0.15) is 5.10 Å². The monoisotopic (exact) mass is 221 g/mol. The Morgan fingerprint density at radius 1 is 1.56 bits per heavy atom. The minimum absolute atomic E-state index is 0.000206. The van der Waals surface area contributed by atoms with Crippen LogP contribution in [0.4, 0.5) is 5.82 Å². The number of nitrogens with zero attached hydrogens (tertiary/aromatic N) is 3. The van der Waals surface area contributed by atoms with E-state index in [0.717, 1.165) is 30.0 Å². The lowest BCUT2D eigenvalue weighted by atomic mass is 10.2. The van der Waals surface area contributed by atoms with Gasteiger partial charge in [0.2, 0.25) is 0 Å². The first-order valence-electron chi connectivity index (χ1n) is 5.47. The number of aryl methyl sites for hydroxylation is 2. The van der Waals surface area contributed by atoms with Gasteiger partial charge in [-0.1, -0.05) is 12.8 Å². The number of hydrogen-bond acceptors (Lipinski definition) is 3. The highest BCUT2D eigenvalue weighted by Gasteiger charge is 2.17. The molecule has 0 atom stereocenters. The first-order valence-corrected chi connectivity index (χ1v) is 5.47. The molecule has 0 saturated heterocycles. The van der Waals surface area contributed by atoms with Crippen LogP contribution in [0.3, 0.4) is 0 Å². The minimum atomic E-state index is -0.000206. The molecule has 1 rings (SSSR count). The van der Waals surface area contributed by atoms with Crippen LogP contribution >= 0.6 is 0 Å². The molecule has 1 heterocycles. The fourth-order valence-corrected chi connectivity index (χ4v) is 1.91. The quantitative estimate of drug-likeness (QED) is 0.756. The summed E-state index contributed by atoms with van der Waals surface area (Å²) in [6.45, 7) is 5.41. The molecule has 0 amide bonds. The molecule has 1 aromatic rings. The van der Waals surface area contributed by atoms with E-state index in [9.17, 15) is 5.11 Å². The Labute approximate surface area is 96.9 Å². The van der Waals surface area contributed by atoms with E-state index < -0.39 is 0 Å². The Morgan fingerprint density at radius 2 is 2.25 bits per heavy atom. The van der Waals surface area contributed by atoms with Gasteiger partial charge in [-0.15, -0.1) is 6.42 Å². The molecule has 4 heteroatoms. The van der Waals surface area contributed by atoms with Crippen LogP contribution in [0.1, 0.15) is 24.6 Å². The molecule has 88 valence electrons. The maximum absolute atomic E-state index is 9.37. The van der Waals surface area contributed by atoms with Crippen molar-refractivity contribution >= 4 is 5.82 Å². The molecular weight excluding hydrogens is 202 g/mol. The second-order valence-electron chi connectivity index (χ2n) is 3.79. The molecule has 0 radical (unpaired) electrons. The summed E-state index contributed by atoms with van der Waals surface area (Å²) in [6, 6.07) is 0. The van der Waals surface area contributed by atoms with Gasteiger partial charge >= 0.3 is 0 Å². The van der Waals surface area contributed by atoms with Crippen molar-refractivity contribution in [2.45, 2.75) is 26.9 Å². The van der Waals surface area contributed by atoms with Crippen molar-refractivity contribution in [3.8, 4) is 12.3 Å². The van der Waals surface area contributed by atoms with Gasteiger partial charge in [-0.25, -0.2) is 0 Å². The molecule has 0 aromatic carbocycles. The summed E-state index contributed by atoms with van der Waals surface area (Å²) in [5.41, 5.74) is 1.73. The fourth-order valence-electron chi connectivity index (χ4n) is 1.91. The summed E-state index contributed by atoms with van der Waals surface area (Å²) in [7, 11) is 1.88. The first kappa shape index (κ1) is 12.6. The molecule has 0 saturated carbocycles. The third kappa shape index (κ3) is 2.37. The second kappa shape index (κ2) is 5.57. The van der Waals surface area contributed by atoms with Crippen molar-refractivity contribution in [3.63, 3.8) is 0 Å². The van der Waals surface area contributed by atoms with Crippen molar-refractivity contribution in [2.75, 3.05) is 18.0 Å². The van der Waals surface area contributed by atoms with Gasteiger partial charge in [0.1, 0.15) is 5.82 Å². The zero-order chi connectivity index (χ0) is 12.1. The maximum atomic E-state index is 9.37. The van der Waals surface area contributed by atoms with Crippen molar-refractivity contribution in [2.24, 2.45) is 7.05 Å². The summed E-state index contributed by atoms with van der Waals surface area (Å²) in [5, 5.41) is 13.7. The van der Waals surface area contributed by atoms with E-state index in [4.69, 9.17) is 6.42 Å². The summed E-state index contributed by atoms with van der Waals surface area (Å²) in [5.74, 6) is 3.57. The largest absolute Gasteiger partial charge is 0.391 e. The number of aliphatic hydroxyl groups excluding tert-OH is 1. The second-order valence-corrected chi connectivity index (χ2v) is 3.79. The maximum Gasteiger partial charge on any atom is 0.133 e. The van der Waals surface area contributed by atoms with Crippen molar-refractivity contribution < 1.29 is 5.11 Å². The summed E-state index contributed by atoms with van der Waals surface area (Å²) >= 11 is 0. The van der Waals surface area contributed by atoms with Gasteiger partial charge in [0, 0.05) is 19.2 Å². The average Bonchev–Trinajstić information content (AvgIpc) is 2.52. The van der Waals surface area contributed by atoms with Crippen LogP contribution in [0.5, 0.6) is 0 Å². The van der Waals surface area contributed by atoms with E-state index in [-0.39, 0.29) is 6.61 Å². The van der Waals surface area contributed by atoms with Crippen LogP contribution in [0.15, 0.2) is 0 Å². The molecule has 0 fully saturated rings. The highest BCUT2D eigenvalue weighted by atomic mass is 16.3. The lowest BCUT2D eigenvalue weighted by Crippen LogP contribution is -2.27. The minimum Gasteiger partial charge on any atom is -0.391 e. The first-order chi connectivity index (χ1) is 7.65. The van der Waals surface area contributed by atoms with Gasteiger partial charge in [-0.3, -0.25) is 4.68 Å². The predicted octanol–water partition coefficient (Wildman–Crippen LogP) is 1.07. The topological polar surface area (TPSA) is 41.3 Å². The Kier molecular flexibility index (Phi) is 4.39. The third-order valence-corrected chi connectivity index (χ3v) is 2.55. The lowest BCUT2D eigenvalue weighted by Gasteiger charge is -2.22. The van der Waals surface area contributed by atoms with E-state index in [0.29, 0.717) is 6.54 Å². The van der Waals surface area contributed by atoms with E-state index in [2.05, 4.69) is 22.8 Å². The van der Waals surface area contributed by atoms with Gasteiger partial charge in [0.05, 0.1) is 18.8 Å². The Hall–Kier alpha value is -1.47. The molecule has 0 aliphatic heterocycles. The molecule has 4 nitrogen and oxygen atoms in total. The van der Waals surface area contributed by atoms with E-state index in [1.54, 1.807) is 4.68 Å². The SMILES string of the molecule is C#CCN(CCC)c1c(CO)c(C)nn1C. The van der Waals surface area contributed by atoms with E-state index >= 15 is 0 Å². The summed E-state index contributed by atoms with van der Waals surface area (Å²) in [4.78, 5) is 2.07. The number of rotatable bonds is 5. The number of anilines is 1. The van der Waals surface area contributed by atoms with E-state index in [1.165, 1.54) is 0 Å². The molecular formula is C12H19N3O. The van der Waals surface area contributed by atoms with Gasteiger partial charge in [-0.05, 0) is 13.3 Å².